The molecule has 0 unspecified atom stereocenters. The molecular formula is C12H14FN3. The monoisotopic (exact) mass is 219 g/mol. The predicted molar refractivity (Wildman–Crippen MR) is 63.1 cm³/mol. The van der Waals surface area contributed by atoms with Gasteiger partial charge in [0.15, 0.2) is 0 Å². The van der Waals surface area contributed by atoms with Crippen molar-refractivity contribution in [3.63, 3.8) is 0 Å². The molecule has 1 heterocycles. The number of nitrogens with two attached hydrogens (primary N) is 2. The molecule has 2 rings (SSSR count). The Labute approximate surface area is 93.5 Å². The third-order valence-corrected chi connectivity index (χ3v) is 2.57. The summed E-state index contributed by atoms with van der Waals surface area (Å²) in [6.45, 7) is 0.315. The lowest BCUT2D eigenvalue weighted by Gasteiger charge is -2.07. The number of anilines is 1. The molecule has 4 N–H and O–H groups in total. The van der Waals surface area contributed by atoms with Gasteiger partial charge in [-0.05, 0) is 29.8 Å². The van der Waals surface area contributed by atoms with E-state index >= 15 is 0 Å². The van der Waals surface area contributed by atoms with Gasteiger partial charge in [0.05, 0.1) is 11.4 Å². The minimum absolute atomic E-state index is 0.293. The van der Waals surface area contributed by atoms with Crippen molar-refractivity contribution >= 4 is 5.69 Å². The Balaban J connectivity index is 2.60. The third kappa shape index (κ3) is 1.79. The molecular weight excluding hydrogens is 205 g/mol. The van der Waals surface area contributed by atoms with Crippen LogP contribution in [-0.2, 0) is 13.6 Å². The summed E-state index contributed by atoms with van der Waals surface area (Å²) in [7, 11) is 1.87. The van der Waals surface area contributed by atoms with Gasteiger partial charge in [-0.3, -0.25) is 0 Å². The zero-order chi connectivity index (χ0) is 11.7. The third-order valence-electron chi connectivity index (χ3n) is 2.57. The second-order valence-electron chi connectivity index (χ2n) is 3.78. The molecule has 16 heavy (non-hydrogen) atoms. The summed E-state index contributed by atoms with van der Waals surface area (Å²) >= 11 is 0. The van der Waals surface area contributed by atoms with E-state index < -0.39 is 0 Å². The van der Waals surface area contributed by atoms with E-state index in [9.17, 15) is 4.39 Å². The van der Waals surface area contributed by atoms with Gasteiger partial charge in [0, 0.05) is 25.4 Å². The normalized spacial score (nSPS) is 10.7. The largest absolute Gasteiger partial charge is 0.397 e. The Morgan fingerprint density at radius 3 is 2.62 bits per heavy atom. The minimum Gasteiger partial charge on any atom is -0.397 e. The maximum atomic E-state index is 13.4. The fourth-order valence-electron chi connectivity index (χ4n) is 1.82. The van der Waals surface area contributed by atoms with Crippen LogP contribution >= 0.6 is 0 Å². The topological polar surface area (TPSA) is 57.0 Å². The average Bonchev–Trinajstić information content (AvgIpc) is 2.57. The molecule has 2 aromatic rings. The van der Waals surface area contributed by atoms with E-state index in [2.05, 4.69) is 0 Å². The zero-order valence-corrected chi connectivity index (χ0v) is 9.07. The molecule has 0 amide bonds. The Hall–Kier alpha value is -1.81. The number of hydrogen-bond acceptors (Lipinski definition) is 2. The van der Waals surface area contributed by atoms with E-state index in [4.69, 9.17) is 11.5 Å². The van der Waals surface area contributed by atoms with E-state index in [0.717, 1.165) is 16.8 Å². The average molecular weight is 219 g/mol. The first-order valence-electron chi connectivity index (χ1n) is 5.02. The second kappa shape index (κ2) is 3.98. The van der Waals surface area contributed by atoms with Crippen molar-refractivity contribution < 1.29 is 4.39 Å². The van der Waals surface area contributed by atoms with Gasteiger partial charge in [-0.1, -0.05) is 0 Å². The van der Waals surface area contributed by atoms with Crippen molar-refractivity contribution in [2.75, 3.05) is 5.73 Å². The number of rotatable bonds is 2. The molecule has 0 aliphatic heterocycles. The van der Waals surface area contributed by atoms with Crippen LogP contribution in [-0.4, -0.2) is 4.57 Å². The molecule has 4 heteroatoms. The lowest BCUT2D eigenvalue weighted by Crippen LogP contribution is -1.99. The highest BCUT2D eigenvalue weighted by Crippen LogP contribution is 2.27. The van der Waals surface area contributed by atoms with E-state index in [-0.39, 0.29) is 5.82 Å². The van der Waals surface area contributed by atoms with Crippen LogP contribution in [0.25, 0.3) is 11.3 Å². The Morgan fingerprint density at radius 1 is 1.31 bits per heavy atom. The van der Waals surface area contributed by atoms with Gasteiger partial charge in [0.25, 0.3) is 0 Å². The number of nitrogens with zero attached hydrogens (tertiary/aromatic N) is 1. The zero-order valence-electron chi connectivity index (χ0n) is 9.07. The van der Waals surface area contributed by atoms with Crippen molar-refractivity contribution in [2.45, 2.75) is 6.54 Å². The van der Waals surface area contributed by atoms with Crippen molar-refractivity contribution in [1.82, 2.24) is 4.57 Å². The molecule has 0 radical (unpaired) electrons. The van der Waals surface area contributed by atoms with Gasteiger partial charge in [-0.15, -0.1) is 0 Å². The summed E-state index contributed by atoms with van der Waals surface area (Å²) in [5.41, 5.74) is 14.3. The summed E-state index contributed by atoms with van der Waals surface area (Å²) < 4.78 is 15.2. The summed E-state index contributed by atoms with van der Waals surface area (Å²) in [6.07, 6.45) is 1.84. The van der Waals surface area contributed by atoms with Crippen molar-refractivity contribution in [3.8, 4) is 11.3 Å². The highest BCUT2D eigenvalue weighted by Gasteiger charge is 2.09. The number of halogens is 1. The van der Waals surface area contributed by atoms with Crippen LogP contribution in [0.1, 0.15) is 5.56 Å². The molecule has 0 bridgehead atoms. The molecule has 3 nitrogen and oxygen atoms in total. The highest BCUT2D eigenvalue weighted by atomic mass is 19.1. The minimum atomic E-state index is -0.293. The van der Waals surface area contributed by atoms with Gasteiger partial charge < -0.3 is 16.0 Å². The summed E-state index contributed by atoms with van der Waals surface area (Å²) in [6, 6.07) is 6.55. The Kier molecular flexibility index (Phi) is 2.66. The first-order valence-corrected chi connectivity index (χ1v) is 5.02. The van der Waals surface area contributed by atoms with Gasteiger partial charge in [0.2, 0.25) is 0 Å². The van der Waals surface area contributed by atoms with Crippen molar-refractivity contribution in [2.24, 2.45) is 12.8 Å². The van der Waals surface area contributed by atoms with Gasteiger partial charge in [-0.2, -0.15) is 0 Å². The van der Waals surface area contributed by atoms with Crippen LogP contribution in [0.2, 0.25) is 0 Å². The number of benzene rings is 1. The van der Waals surface area contributed by atoms with Gasteiger partial charge in [-0.25, -0.2) is 4.39 Å². The van der Waals surface area contributed by atoms with Crippen LogP contribution in [0.4, 0.5) is 10.1 Å². The standard InChI is InChI=1S/C12H14FN3/c1-16-3-2-11(15)12(16)9-4-8(7-14)5-10(13)6-9/h2-6H,7,14-15H2,1H3. The van der Waals surface area contributed by atoms with E-state index in [1.165, 1.54) is 12.1 Å². The number of aromatic nitrogens is 1. The smallest absolute Gasteiger partial charge is 0.124 e. The fourth-order valence-corrected chi connectivity index (χ4v) is 1.82. The summed E-state index contributed by atoms with van der Waals surface area (Å²) in [4.78, 5) is 0. The lowest BCUT2D eigenvalue weighted by molar-refractivity contribution is 0.626. The number of nitrogen functional groups attached to an aromatic ring is 1. The summed E-state index contributed by atoms with van der Waals surface area (Å²) in [5.74, 6) is -0.293. The molecule has 1 aromatic heterocycles. The maximum absolute atomic E-state index is 13.4. The van der Waals surface area contributed by atoms with E-state index in [0.29, 0.717) is 12.2 Å². The van der Waals surface area contributed by atoms with Crippen LogP contribution < -0.4 is 11.5 Å². The number of hydrogen-bond donors (Lipinski definition) is 2. The quantitative estimate of drug-likeness (QED) is 0.810. The molecule has 0 atom stereocenters. The molecule has 0 fully saturated rings. The SMILES string of the molecule is Cn1ccc(N)c1-c1cc(F)cc(CN)c1. The molecule has 0 aliphatic rings. The molecule has 0 spiro atoms. The van der Waals surface area contributed by atoms with Crippen molar-refractivity contribution in [3.05, 3.63) is 41.8 Å². The van der Waals surface area contributed by atoms with E-state index in [1.807, 2.05) is 23.9 Å². The van der Waals surface area contributed by atoms with Crippen LogP contribution in [0, 0.1) is 5.82 Å². The van der Waals surface area contributed by atoms with Crippen LogP contribution in [0.3, 0.4) is 0 Å². The van der Waals surface area contributed by atoms with Crippen LogP contribution in [0.15, 0.2) is 30.5 Å². The maximum Gasteiger partial charge on any atom is 0.124 e. The summed E-state index contributed by atoms with van der Waals surface area (Å²) in [5, 5.41) is 0. The van der Waals surface area contributed by atoms with Crippen molar-refractivity contribution in [1.29, 1.82) is 0 Å². The highest BCUT2D eigenvalue weighted by molar-refractivity contribution is 5.74. The predicted octanol–water partition coefficient (Wildman–Crippen LogP) is 1.87. The Bertz CT molecular complexity index is 497. The van der Waals surface area contributed by atoms with Crippen LogP contribution in [0.5, 0.6) is 0 Å². The molecule has 0 aliphatic carbocycles. The van der Waals surface area contributed by atoms with E-state index in [1.54, 1.807) is 6.07 Å². The lowest BCUT2D eigenvalue weighted by atomic mass is 10.1. The molecule has 0 saturated heterocycles. The second-order valence-corrected chi connectivity index (χ2v) is 3.78. The number of aryl methyl sites for hydroxylation is 1. The molecule has 84 valence electrons. The molecule has 1 aromatic carbocycles. The first-order chi connectivity index (χ1) is 7.61. The van der Waals surface area contributed by atoms with Gasteiger partial charge >= 0.3 is 0 Å². The fraction of sp³-hybridized carbons (Fsp3) is 0.167. The Morgan fingerprint density at radius 2 is 2.06 bits per heavy atom. The first kappa shape index (κ1) is 10.7. The molecule has 0 saturated carbocycles. The van der Waals surface area contributed by atoms with Gasteiger partial charge in [0.1, 0.15) is 5.82 Å².